The first-order valence-electron chi connectivity index (χ1n) is 10.1. The quantitative estimate of drug-likeness (QED) is 0.351. The van der Waals surface area contributed by atoms with Gasteiger partial charge in [-0.1, -0.05) is 12.1 Å². The van der Waals surface area contributed by atoms with Crippen LogP contribution in [0.2, 0.25) is 0 Å². The largest absolute Gasteiger partial charge is 0.444 e. The summed E-state index contributed by atoms with van der Waals surface area (Å²) < 4.78 is 38.7. The molecule has 30 heavy (non-hydrogen) atoms. The lowest BCUT2D eigenvalue weighted by atomic mass is 9.90. The molecule has 1 saturated carbocycles. The molecule has 4 nitrogen and oxygen atoms in total. The van der Waals surface area contributed by atoms with E-state index in [1.165, 1.54) is 0 Å². The van der Waals surface area contributed by atoms with Crippen LogP contribution in [0.3, 0.4) is 0 Å². The zero-order chi connectivity index (χ0) is 22.2. The van der Waals surface area contributed by atoms with Crippen molar-refractivity contribution >= 4 is 45.7 Å². The average molecular weight is 524 g/mol. The minimum atomic E-state index is -1.25. The van der Waals surface area contributed by atoms with Gasteiger partial charge in [0.25, 0.3) is 0 Å². The number of amides is 1. The molecule has 3 rings (SSSR count). The summed E-state index contributed by atoms with van der Waals surface area (Å²) in [5, 5.41) is -1.25. The Morgan fingerprint density at radius 1 is 1.37 bits per heavy atom. The summed E-state index contributed by atoms with van der Waals surface area (Å²) in [5.41, 5.74) is -0.127. The van der Waals surface area contributed by atoms with Crippen LogP contribution in [0.1, 0.15) is 52.0 Å². The van der Waals surface area contributed by atoms with Crippen molar-refractivity contribution in [2.75, 3.05) is 12.8 Å². The molecule has 0 aromatic heterocycles. The van der Waals surface area contributed by atoms with E-state index in [1.807, 2.05) is 27.0 Å². The van der Waals surface area contributed by atoms with E-state index in [4.69, 9.17) is 4.74 Å². The van der Waals surface area contributed by atoms with Gasteiger partial charge < -0.3 is 9.64 Å². The van der Waals surface area contributed by atoms with Crippen LogP contribution in [-0.4, -0.2) is 45.3 Å². The standard InChI is InChI=1S/C21H29BrF2N2O2S2/c1-19(2,3)28-18(27)26-12-6-9-21(29-4,25-30-20(24)10-11-20)16(26)13-14-7-5-8-15(22)17(14)23/h5,7-8,16,25H,6,9-13H2,1-4H3/t16-,21-/m0/s1. The lowest BCUT2D eigenvalue weighted by molar-refractivity contribution is 0.00320. The number of ether oxygens (including phenoxy) is 1. The monoisotopic (exact) mass is 522 g/mol. The zero-order valence-electron chi connectivity index (χ0n) is 17.8. The van der Waals surface area contributed by atoms with E-state index in [2.05, 4.69) is 20.7 Å². The second-order valence-electron chi connectivity index (χ2n) is 8.89. The minimum Gasteiger partial charge on any atom is -0.444 e. The Hall–Kier alpha value is -0.510. The van der Waals surface area contributed by atoms with Gasteiger partial charge in [0.05, 0.1) is 15.4 Å². The molecule has 0 spiro atoms. The van der Waals surface area contributed by atoms with E-state index in [0.29, 0.717) is 35.8 Å². The van der Waals surface area contributed by atoms with Gasteiger partial charge in [0.2, 0.25) is 0 Å². The zero-order valence-corrected chi connectivity index (χ0v) is 21.0. The van der Waals surface area contributed by atoms with Gasteiger partial charge in [0.1, 0.15) is 11.4 Å². The Labute approximate surface area is 194 Å². The number of hydrogen-bond acceptors (Lipinski definition) is 5. The molecule has 1 N–H and O–H groups in total. The van der Waals surface area contributed by atoms with Gasteiger partial charge in [-0.2, -0.15) is 0 Å². The van der Waals surface area contributed by atoms with Gasteiger partial charge in [0, 0.05) is 6.54 Å². The molecule has 0 bridgehead atoms. The summed E-state index contributed by atoms with van der Waals surface area (Å²) in [4.78, 5) is 14.1. The van der Waals surface area contributed by atoms with Crippen molar-refractivity contribution in [3.8, 4) is 0 Å². The van der Waals surface area contributed by atoms with Crippen LogP contribution in [0.15, 0.2) is 22.7 Å². The van der Waals surface area contributed by atoms with Gasteiger partial charge >= 0.3 is 6.09 Å². The van der Waals surface area contributed by atoms with Crippen molar-refractivity contribution in [1.29, 1.82) is 0 Å². The number of carbonyl (C=O) groups excluding carboxylic acids is 1. The summed E-state index contributed by atoms with van der Waals surface area (Å²) in [7, 11) is 0. The second kappa shape index (κ2) is 9.16. The molecule has 1 aromatic carbocycles. The van der Waals surface area contributed by atoms with Crippen molar-refractivity contribution in [3.63, 3.8) is 0 Å². The molecule has 1 aromatic rings. The Kier molecular flexibility index (Phi) is 7.37. The highest BCUT2D eigenvalue weighted by molar-refractivity contribution is 9.10. The van der Waals surface area contributed by atoms with Crippen LogP contribution in [0.5, 0.6) is 0 Å². The number of halogens is 3. The first kappa shape index (κ1) is 24.1. The normalized spacial score (nSPS) is 25.8. The number of alkyl halides is 1. The summed E-state index contributed by atoms with van der Waals surface area (Å²) in [6, 6.07) is 4.78. The van der Waals surface area contributed by atoms with Crippen LogP contribution in [0.25, 0.3) is 0 Å². The highest BCUT2D eigenvalue weighted by atomic mass is 79.9. The number of likely N-dealkylation sites (tertiary alicyclic amines) is 1. The van der Waals surface area contributed by atoms with Gasteiger partial charge in [-0.05, 0) is 98.6 Å². The first-order chi connectivity index (χ1) is 14.0. The maximum atomic E-state index is 14.8. The highest BCUT2D eigenvalue weighted by Gasteiger charge is 2.51. The molecule has 2 fully saturated rings. The third-order valence-electron chi connectivity index (χ3n) is 5.35. The minimum absolute atomic E-state index is 0.304. The Balaban J connectivity index is 1.94. The predicted octanol–water partition coefficient (Wildman–Crippen LogP) is 6.29. The van der Waals surface area contributed by atoms with Crippen LogP contribution >= 0.6 is 39.6 Å². The van der Waals surface area contributed by atoms with Gasteiger partial charge in [-0.25, -0.2) is 18.3 Å². The molecule has 1 aliphatic carbocycles. The Morgan fingerprint density at radius 2 is 2.07 bits per heavy atom. The topological polar surface area (TPSA) is 41.6 Å². The fraction of sp³-hybridized carbons (Fsp3) is 0.667. The molecule has 2 atom stereocenters. The summed E-state index contributed by atoms with van der Waals surface area (Å²) in [6.07, 6.45) is 4.38. The first-order valence-corrected chi connectivity index (χ1v) is 12.9. The van der Waals surface area contributed by atoms with Crippen molar-refractivity contribution < 1.29 is 18.3 Å². The molecule has 1 amide bonds. The Bertz CT molecular complexity index is 789. The predicted molar refractivity (Wildman–Crippen MR) is 124 cm³/mol. The molecule has 168 valence electrons. The van der Waals surface area contributed by atoms with E-state index in [0.717, 1.165) is 24.8 Å². The maximum Gasteiger partial charge on any atom is 0.410 e. The average Bonchev–Trinajstić information content (AvgIpc) is 3.41. The number of piperidine rings is 1. The third kappa shape index (κ3) is 5.64. The number of thioether (sulfide) groups is 1. The lowest BCUT2D eigenvalue weighted by Crippen LogP contribution is -2.63. The smallest absolute Gasteiger partial charge is 0.410 e. The second-order valence-corrected chi connectivity index (χ2v) is 12.0. The number of carbonyl (C=O) groups is 1. The molecule has 0 radical (unpaired) electrons. The highest BCUT2D eigenvalue weighted by Crippen LogP contribution is 2.51. The summed E-state index contributed by atoms with van der Waals surface area (Å²) in [5.74, 6) is -0.334. The maximum absolute atomic E-state index is 14.8. The van der Waals surface area contributed by atoms with Gasteiger partial charge in [0.15, 0.2) is 5.00 Å². The van der Waals surface area contributed by atoms with Crippen molar-refractivity contribution in [1.82, 2.24) is 9.62 Å². The third-order valence-corrected chi connectivity index (χ3v) is 8.64. The summed E-state index contributed by atoms with van der Waals surface area (Å²) >= 11 is 5.91. The molecule has 1 saturated heterocycles. The van der Waals surface area contributed by atoms with E-state index in [1.54, 1.807) is 34.9 Å². The molecular formula is C21H29BrF2N2O2S2. The molecule has 1 heterocycles. The molecule has 9 heteroatoms. The lowest BCUT2D eigenvalue weighted by Gasteiger charge is -2.49. The number of nitrogens with zero attached hydrogens (tertiary/aromatic N) is 1. The SMILES string of the molecule is CS[C@@]1(NSC2(F)CC2)CCCN(C(=O)OC(C)(C)C)[C@H]1Cc1cccc(Br)c1F. The number of benzene rings is 1. The number of nitrogens with one attached hydrogen (secondary N) is 1. The van der Waals surface area contributed by atoms with Crippen molar-refractivity contribution in [2.24, 2.45) is 0 Å². The van der Waals surface area contributed by atoms with Crippen LogP contribution in [0.4, 0.5) is 13.6 Å². The van der Waals surface area contributed by atoms with Crippen LogP contribution in [0, 0.1) is 5.82 Å². The Morgan fingerprint density at radius 3 is 2.67 bits per heavy atom. The molecule has 0 unspecified atom stereocenters. The van der Waals surface area contributed by atoms with Gasteiger partial charge in [-0.15, -0.1) is 11.8 Å². The molecule has 1 aliphatic heterocycles. The fourth-order valence-electron chi connectivity index (χ4n) is 3.59. The number of hydrogen-bond donors (Lipinski definition) is 1. The summed E-state index contributed by atoms with van der Waals surface area (Å²) in [6.45, 7) is 6.00. The van der Waals surface area contributed by atoms with E-state index in [-0.39, 0.29) is 5.82 Å². The van der Waals surface area contributed by atoms with E-state index < -0.39 is 27.6 Å². The van der Waals surface area contributed by atoms with Gasteiger partial charge in [-0.3, -0.25) is 0 Å². The molecular weight excluding hydrogens is 494 g/mol. The van der Waals surface area contributed by atoms with E-state index in [9.17, 15) is 13.6 Å². The fourth-order valence-corrected chi connectivity index (χ4v) is 6.19. The van der Waals surface area contributed by atoms with Crippen LogP contribution in [-0.2, 0) is 11.2 Å². The van der Waals surface area contributed by atoms with Crippen LogP contribution < -0.4 is 4.72 Å². The molecule has 2 aliphatic rings. The van der Waals surface area contributed by atoms with Crippen molar-refractivity contribution in [3.05, 3.63) is 34.1 Å². The van der Waals surface area contributed by atoms with Crippen molar-refractivity contribution in [2.45, 2.75) is 74.4 Å². The number of rotatable bonds is 6. The van der Waals surface area contributed by atoms with E-state index >= 15 is 0 Å².